The van der Waals surface area contributed by atoms with Gasteiger partial charge in [0.05, 0.1) is 10.6 Å². The molecule has 0 saturated heterocycles. The Kier molecular flexibility index (Phi) is 5.19. The average molecular weight is 426 g/mol. The summed E-state index contributed by atoms with van der Waals surface area (Å²) in [6.07, 6.45) is 2.48. The molecule has 0 radical (unpaired) electrons. The van der Waals surface area contributed by atoms with E-state index in [9.17, 15) is 19.7 Å². The molecule has 31 heavy (non-hydrogen) atoms. The Labute approximate surface area is 175 Å². The quantitative estimate of drug-likeness (QED) is 0.252. The van der Waals surface area contributed by atoms with Gasteiger partial charge in [0.2, 0.25) is 5.78 Å². The smallest absolute Gasteiger partial charge is 0.332 e. The van der Waals surface area contributed by atoms with Gasteiger partial charge in [0.15, 0.2) is 11.2 Å². The van der Waals surface area contributed by atoms with E-state index >= 15 is 0 Å². The molecule has 1 aromatic carbocycles. The Morgan fingerprint density at radius 1 is 1.13 bits per heavy atom. The monoisotopic (exact) mass is 426 g/mol. The van der Waals surface area contributed by atoms with Gasteiger partial charge in [-0.3, -0.25) is 28.4 Å². The van der Waals surface area contributed by atoms with Crippen molar-refractivity contribution in [2.75, 3.05) is 13.2 Å². The van der Waals surface area contributed by atoms with Crippen molar-refractivity contribution in [2.24, 2.45) is 14.1 Å². The number of rotatable bonds is 7. The maximum atomic E-state index is 12.8. The number of fused-ring (bicyclic) bond motifs is 3. The van der Waals surface area contributed by atoms with Crippen LogP contribution in [0.5, 0.6) is 0 Å². The van der Waals surface area contributed by atoms with E-state index in [2.05, 4.69) is 4.98 Å². The molecule has 4 aromatic rings. The molecule has 11 nitrogen and oxygen atoms in total. The SMILES string of the molecule is CCOCCCn1c(-c2ccc([N+](=O)[O-])cc2)cn2c3c(=O)n(C)c(=O)n(C)c3nc12. The zero-order valence-corrected chi connectivity index (χ0v) is 17.4. The summed E-state index contributed by atoms with van der Waals surface area (Å²) in [5, 5.41) is 11.0. The summed E-state index contributed by atoms with van der Waals surface area (Å²) < 4.78 is 11.5. The molecule has 0 unspecified atom stereocenters. The summed E-state index contributed by atoms with van der Waals surface area (Å²) in [6.45, 7) is 3.65. The van der Waals surface area contributed by atoms with Crippen LogP contribution in [0.4, 0.5) is 5.69 Å². The third kappa shape index (κ3) is 3.32. The van der Waals surface area contributed by atoms with Crippen molar-refractivity contribution in [2.45, 2.75) is 19.9 Å². The number of imidazole rings is 2. The summed E-state index contributed by atoms with van der Waals surface area (Å²) in [6, 6.07) is 6.22. The van der Waals surface area contributed by atoms with E-state index in [1.54, 1.807) is 29.8 Å². The van der Waals surface area contributed by atoms with Crippen LogP contribution >= 0.6 is 0 Å². The number of nitrogens with zero attached hydrogens (tertiary/aromatic N) is 6. The summed E-state index contributed by atoms with van der Waals surface area (Å²) >= 11 is 0. The molecule has 4 rings (SSSR count). The zero-order valence-electron chi connectivity index (χ0n) is 17.4. The molecule has 0 amide bonds. The first kappa shape index (κ1) is 20.5. The fourth-order valence-corrected chi connectivity index (χ4v) is 3.69. The molecule has 3 heterocycles. The second kappa shape index (κ2) is 7.84. The van der Waals surface area contributed by atoms with Crippen molar-refractivity contribution in [3.05, 3.63) is 61.4 Å². The number of hydrogen-bond donors (Lipinski definition) is 0. The number of non-ortho nitro benzene ring substituents is 1. The van der Waals surface area contributed by atoms with E-state index in [0.717, 1.165) is 15.8 Å². The molecular formula is C20H22N6O5. The van der Waals surface area contributed by atoms with Crippen LogP contribution < -0.4 is 11.2 Å². The largest absolute Gasteiger partial charge is 0.382 e. The highest BCUT2D eigenvalue weighted by Crippen LogP contribution is 2.27. The van der Waals surface area contributed by atoms with E-state index in [4.69, 9.17) is 4.74 Å². The second-order valence-electron chi connectivity index (χ2n) is 7.18. The van der Waals surface area contributed by atoms with Crippen molar-refractivity contribution >= 4 is 22.6 Å². The fraction of sp³-hybridized carbons (Fsp3) is 0.350. The molecule has 0 atom stereocenters. The van der Waals surface area contributed by atoms with Gasteiger partial charge >= 0.3 is 5.69 Å². The van der Waals surface area contributed by atoms with Gasteiger partial charge in [-0.05, 0) is 25.5 Å². The first-order valence-corrected chi connectivity index (χ1v) is 9.85. The van der Waals surface area contributed by atoms with Gasteiger partial charge in [0.1, 0.15) is 0 Å². The predicted octanol–water partition coefficient (Wildman–Crippen LogP) is 1.69. The Bertz CT molecular complexity index is 1410. The van der Waals surface area contributed by atoms with Crippen LogP contribution in [0.3, 0.4) is 0 Å². The van der Waals surface area contributed by atoms with Crippen molar-refractivity contribution in [3.63, 3.8) is 0 Å². The van der Waals surface area contributed by atoms with Crippen LogP contribution in [0, 0.1) is 10.1 Å². The van der Waals surface area contributed by atoms with E-state index < -0.39 is 16.2 Å². The lowest BCUT2D eigenvalue weighted by Gasteiger charge is -2.09. The Hall–Kier alpha value is -3.73. The van der Waals surface area contributed by atoms with Crippen molar-refractivity contribution in [3.8, 4) is 11.3 Å². The van der Waals surface area contributed by atoms with Gasteiger partial charge in [-0.2, -0.15) is 4.98 Å². The van der Waals surface area contributed by atoms with E-state index in [0.29, 0.717) is 43.1 Å². The Morgan fingerprint density at radius 3 is 2.48 bits per heavy atom. The lowest BCUT2D eigenvalue weighted by atomic mass is 10.1. The third-order valence-corrected chi connectivity index (χ3v) is 5.30. The van der Waals surface area contributed by atoms with Gasteiger partial charge in [-0.25, -0.2) is 4.79 Å². The van der Waals surface area contributed by atoms with Gasteiger partial charge in [0.25, 0.3) is 11.2 Å². The highest BCUT2D eigenvalue weighted by Gasteiger charge is 2.21. The highest BCUT2D eigenvalue weighted by molar-refractivity contribution is 5.78. The van der Waals surface area contributed by atoms with Gasteiger partial charge < -0.3 is 9.30 Å². The summed E-state index contributed by atoms with van der Waals surface area (Å²) in [4.78, 5) is 40.3. The van der Waals surface area contributed by atoms with Crippen molar-refractivity contribution in [1.29, 1.82) is 0 Å². The predicted molar refractivity (Wildman–Crippen MR) is 114 cm³/mol. The molecule has 0 bridgehead atoms. The van der Waals surface area contributed by atoms with Gasteiger partial charge in [-0.1, -0.05) is 0 Å². The molecule has 162 valence electrons. The van der Waals surface area contributed by atoms with Crippen LogP contribution in [0.1, 0.15) is 13.3 Å². The van der Waals surface area contributed by atoms with Crippen LogP contribution in [0.25, 0.3) is 28.2 Å². The molecule has 3 aromatic heterocycles. The van der Waals surface area contributed by atoms with Crippen LogP contribution in [-0.4, -0.2) is 41.2 Å². The van der Waals surface area contributed by atoms with Crippen molar-refractivity contribution in [1.82, 2.24) is 23.1 Å². The van der Waals surface area contributed by atoms with Gasteiger partial charge in [0, 0.05) is 57.7 Å². The number of nitro groups is 1. The maximum absolute atomic E-state index is 12.8. The standard InChI is InChI=1S/C20H22N6O5/c1-4-31-11-5-10-24-15(13-6-8-14(9-7-13)26(29)30)12-25-16-17(21-19(24)25)22(2)20(28)23(3)18(16)27/h6-9,12H,4-5,10-11H2,1-3H3. The number of nitro benzene ring substituents is 1. The number of aromatic nitrogens is 5. The number of hydrogen-bond acceptors (Lipinski definition) is 6. The molecule has 0 aliphatic heterocycles. The highest BCUT2D eigenvalue weighted by atomic mass is 16.6. The molecule has 0 N–H and O–H groups in total. The Morgan fingerprint density at radius 2 is 1.84 bits per heavy atom. The molecule has 0 aliphatic rings. The first-order valence-electron chi connectivity index (χ1n) is 9.85. The van der Waals surface area contributed by atoms with Gasteiger partial charge in [-0.15, -0.1) is 0 Å². The number of benzene rings is 1. The molecule has 0 fully saturated rings. The summed E-state index contributed by atoms with van der Waals surface area (Å²) in [7, 11) is 3.01. The molecule has 0 aliphatic carbocycles. The minimum absolute atomic E-state index is 0.00250. The first-order chi connectivity index (χ1) is 14.8. The van der Waals surface area contributed by atoms with Crippen LogP contribution in [0.2, 0.25) is 0 Å². The number of aryl methyl sites for hydroxylation is 2. The molecule has 0 saturated carbocycles. The third-order valence-electron chi connectivity index (χ3n) is 5.30. The molecule has 11 heteroatoms. The summed E-state index contributed by atoms with van der Waals surface area (Å²) in [5.74, 6) is 0.512. The van der Waals surface area contributed by atoms with E-state index in [1.165, 1.54) is 23.7 Å². The van der Waals surface area contributed by atoms with Crippen molar-refractivity contribution < 1.29 is 9.66 Å². The molecular weight excluding hydrogens is 404 g/mol. The van der Waals surface area contributed by atoms with E-state index in [1.807, 2.05) is 11.5 Å². The minimum Gasteiger partial charge on any atom is -0.382 e. The zero-order chi connectivity index (χ0) is 22.3. The maximum Gasteiger partial charge on any atom is 0.332 e. The average Bonchev–Trinajstić information content (AvgIpc) is 3.30. The van der Waals surface area contributed by atoms with E-state index in [-0.39, 0.29) is 5.69 Å². The molecule has 0 spiro atoms. The van der Waals surface area contributed by atoms with Crippen LogP contribution in [0.15, 0.2) is 40.1 Å². The second-order valence-corrected chi connectivity index (χ2v) is 7.18. The topological polar surface area (TPSA) is 119 Å². The lowest BCUT2D eigenvalue weighted by molar-refractivity contribution is -0.384. The summed E-state index contributed by atoms with van der Waals surface area (Å²) in [5.41, 5.74) is 1.22. The lowest BCUT2D eigenvalue weighted by Crippen LogP contribution is -2.37. The normalized spacial score (nSPS) is 11.6. The minimum atomic E-state index is -0.449. The number of ether oxygens (including phenoxy) is 1. The fourth-order valence-electron chi connectivity index (χ4n) is 3.69. The Balaban J connectivity index is 1.95. The van der Waals surface area contributed by atoms with Crippen LogP contribution in [-0.2, 0) is 25.4 Å².